The average molecular weight is 353 g/mol. The molecule has 2 rings (SSSR count). The molecule has 2 nitrogen and oxygen atoms in total. The minimum Gasteiger partial charge on any atom is -0.329 e. The highest BCUT2D eigenvalue weighted by Crippen LogP contribution is 2.28. The lowest BCUT2D eigenvalue weighted by atomic mass is 9.95. The van der Waals surface area contributed by atoms with Crippen LogP contribution < -0.4 is 5.73 Å². The van der Waals surface area contributed by atoms with Gasteiger partial charge in [-0.1, -0.05) is 18.2 Å². The SMILES string of the molecule is Cc1cccc(C)c1C(CN)N(C)Cc1csc(Br)c1. The fourth-order valence-electron chi connectivity index (χ4n) is 2.70. The van der Waals surface area contributed by atoms with Crippen molar-refractivity contribution in [1.82, 2.24) is 4.90 Å². The van der Waals surface area contributed by atoms with Crippen LogP contribution in [0.4, 0.5) is 0 Å². The van der Waals surface area contributed by atoms with Gasteiger partial charge in [-0.25, -0.2) is 0 Å². The Balaban J connectivity index is 2.23. The number of nitrogens with zero attached hydrogens (tertiary/aromatic N) is 1. The van der Waals surface area contributed by atoms with Gasteiger partial charge in [-0.05, 0) is 70.5 Å². The van der Waals surface area contributed by atoms with Gasteiger partial charge in [0.05, 0.1) is 3.79 Å². The van der Waals surface area contributed by atoms with Gasteiger partial charge in [0.15, 0.2) is 0 Å². The van der Waals surface area contributed by atoms with E-state index in [0.29, 0.717) is 6.54 Å². The minimum atomic E-state index is 0.259. The largest absolute Gasteiger partial charge is 0.329 e. The smallest absolute Gasteiger partial charge is 0.0701 e. The zero-order valence-corrected chi connectivity index (χ0v) is 14.6. The predicted molar refractivity (Wildman–Crippen MR) is 91.2 cm³/mol. The first kappa shape index (κ1) is 15.7. The first-order valence-corrected chi connectivity index (χ1v) is 8.39. The fourth-order valence-corrected chi connectivity index (χ4v) is 3.90. The number of hydrogen-bond donors (Lipinski definition) is 1. The number of aryl methyl sites for hydroxylation is 2. The lowest BCUT2D eigenvalue weighted by Gasteiger charge is -2.29. The maximum absolute atomic E-state index is 6.05. The van der Waals surface area contributed by atoms with E-state index in [1.807, 2.05) is 0 Å². The van der Waals surface area contributed by atoms with E-state index < -0.39 is 0 Å². The standard InChI is InChI=1S/C16H21BrN2S/c1-11-5-4-6-12(2)16(11)14(8-18)19(3)9-13-7-15(17)20-10-13/h4-7,10,14H,8-9,18H2,1-3H3. The van der Waals surface area contributed by atoms with E-state index in [9.17, 15) is 0 Å². The van der Waals surface area contributed by atoms with E-state index in [1.165, 1.54) is 26.0 Å². The number of nitrogens with two attached hydrogens (primary N) is 1. The molecule has 2 aromatic rings. The van der Waals surface area contributed by atoms with E-state index in [2.05, 4.69) is 71.4 Å². The molecule has 0 aliphatic rings. The molecule has 1 aromatic carbocycles. The number of benzene rings is 1. The summed E-state index contributed by atoms with van der Waals surface area (Å²) in [6, 6.07) is 8.88. The third-order valence-corrected chi connectivity index (χ3v) is 5.24. The molecular weight excluding hydrogens is 332 g/mol. The Kier molecular flexibility index (Phi) is 5.38. The molecule has 2 N–H and O–H groups in total. The van der Waals surface area contributed by atoms with Crippen molar-refractivity contribution in [3.63, 3.8) is 0 Å². The fraction of sp³-hybridized carbons (Fsp3) is 0.375. The van der Waals surface area contributed by atoms with Crippen LogP contribution >= 0.6 is 27.3 Å². The van der Waals surface area contributed by atoms with Gasteiger partial charge < -0.3 is 5.73 Å². The Labute approximate surface area is 133 Å². The summed E-state index contributed by atoms with van der Waals surface area (Å²) in [5.41, 5.74) is 11.4. The number of likely N-dealkylation sites (N-methyl/N-ethyl adjacent to an activating group) is 1. The van der Waals surface area contributed by atoms with Crippen LogP contribution in [0.25, 0.3) is 0 Å². The van der Waals surface area contributed by atoms with Crippen LogP contribution in [0.3, 0.4) is 0 Å². The van der Waals surface area contributed by atoms with Gasteiger partial charge in [0.2, 0.25) is 0 Å². The maximum Gasteiger partial charge on any atom is 0.0701 e. The summed E-state index contributed by atoms with van der Waals surface area (Å²) < 4.78 is 1.18. The van der Waals surface area contributed by atoms with Crippen LogP contribution in [0.1, 0.15) is 28.3 Å². The number of rotatable bonds is 5. The molecule has 0 aliphatic carbocycles. The van der Waals surface area contributed by atoms with Crippen molar-refractivity contribution in [3.05, 3.63) is 55.7 Å². The van der Waals surface area contributed by atoms with Crippen molar-refractivity contribution < 1.29 is 0 Å². The molecule has 1 heterocycles. The van der Waals surface area contributed by atoms with Crippen molar-refractivity contribution in [3.8, 4) is 0 Å². The molecule has 0 amide bonds. The molecule has 1 aromatic heterocycles. The molecular formula is C16H21BrN2S. The highest BCUT2D eigenvalue weighted by Gasteiger charge is 2.19. The lowest BCUT2D eigenvalue weighted by molar-refractivity contribution is 0.240. The Hall–Kier alpha value is -0.680. The van der Waals surface area contributed by atoms with Crippen molar-refractivity contribution >= 4 is 27.3 Å². The monoisotopic (exact) mass is 352 g/mol. The van der Waals surface area contributed by atoms with E-state index in [1.54, 1.807) is 11.3 Å². The first-order chi connectivity index (χ1) is 9.52. The Bertz CT molecular complexity index is 559. The van der Waals surface area contributed by atoms with Crippen molar-refractivity contribution in [2.24, 2.45) is 5.73 Å². The number of hydrogen-bond acceptors (Lipinski definition) is 3. The summed E-state index contributed by atoms with van der Waals surface area (Å²) in [4.78, 5) is 2.34. The first-order valence-electron chi connectivity index (χ1n) is 6.72. The molecule has 0 bridgehead atoms. The van der Waals surface area contributed by atoms with Crippen LogP contribution in [-0.4, -0.2) is 18.5 Å². The Morgan fingerprint density at radius 2 is 1.95 bits per heavy atom. The third-order valence-electron chi connectivity index (χ3n) is 3.68. The average Bonchev–Trinajstić information content (AvgIpc) is 2.79. The van der Waals surface area contributed by atoms with E-state index in [0.717, 1.165) is 6.54 Å². The molecule has 0 fully saturated rings. The second-order valence-corrected chi connectivity index (χ2v) is 7.52. The number of thiophene rings is 1. The minimum absolute atomic E-state index is 0.259. The Morgan fingerprint density at radius 3 is 2.45 bits per heavy atom. The van der Waals surface area contributed by atoms with Gasteiger partial charge >= 0.3 is 0 Å². The van der Waals surface area contributed by atoms with Crippen LogP contribution in [0.5, 0.6) is 0 Å². The van der Waals surface area contributed by atoms with Gasteiger partial charge in [0.25, 0.3) is 0 Å². The van der Waals surface area contributed by atoms with E-state index in [4.69, 9.17) is 5.73 Å². The summed E-state index contributed by atoms with van der Waals surface area (Å²) in [5, 5.41) is 2.19. The summed E-state index contributed by atoms with van der Waals surface area (Å²) in [6.45, 7) is 5.88. The van der Waals surface area contributed by atoms with Gasteiger partial charge in [0, 0.05) is 19.1 Å². The zero-order valence-electron chi connectivity index (χ0n) is 12.2. The number of halogens is 1. The van der Waals surface area contributed by atoms with Gasteiger partial charge in [0.1, 0.15) is 0 Å². The van der Waals surface area contributed by atoms with E-state index >= 15 is 0 Å². The molecule has 20 heavy (non-hydrogen) atoms. The van der Waals surface area contributed by atoms with Crippen LogP contribution in [-0.2, 0) is 6.54 Å². The molecule has 0 spiro atoms. The van der Waals surface area contributed by atoms with Crippen molar-refractivity contribution in [1.29, 1.82) is 0 Å². The van der Waals surface area contributed by atoms with E-state index in [-0.39, 0.29) is 6.04 Å². The zero-order chi connectivity index (χ0) is 14.7. The molecule has 0 aliphatic heterocycles. The summed E-state index contributed by atoms with van der Waals surface area (Å²) in [7, 11) is 2.15. The second-order valence-electron chi connectivity index (χ2n) is 5.23. The molecule has 1 unspecified atom stereocenters. The van der Waals surface area contributed by atoms with Crippen molar-refractivity contribution in [2.75, 3.05) is 13.6 Å². The maximum atomic E-state index is 6.05. The second kappa shape index (κ2) is 6.85. The highest BCUT2D eigenvalue weighted by molar-refractivity contribution is 9.11. The summed E-state index contributed by atoms with van der Waals surface area (Å²) in [6.07, 6.45) is 0. The molecule has 4 heteroatoms. The molecule has 108 valence electrons. The lowest BCUT2D eigenvalue weighted by Crippen LogP contribution is -2.31. The molecule has 0 saturated heterocycles. The summed E-state index contributed by atoms with van der Waals surface area (Å²) >= 11 is 5.25. The predicted octanol–water partition coefficient (Wildman–Crippen LogP) is 4.26. The molecule has 0 radical (unpaired) electrons. The van der Waals surface area contributed by atoms with Gasteiger partial charge in [-0.3, -0.25) is 4.90 Å². The third kappa shape index (κ3) is 3.50. The van der Waals surface area contributed by atoms with Gasteiger partial charge in [-0.2, -0.15) is 0 Å². The normalized spacial score (nSPS) is 12.9. The highest BCUT2D eigenvalue weighted by atomic mass is 79.9. The van der Waals surface area contributed by atoms with Crippen LogP contribution in [0.15, 0.2) is 33.4 Å². The van der Waals surface area contributed by atoms with Crippen molar-refractivity contribution in [2.45, 2.75) is 26.4 Å². The Morgan fingerprint density at radius 1 is 1.30 bits per heavy atom. The molecule has 0 saturated carbocycles. The summed E-state index contributed by atoms with van der Waals surface area (Å²) in [5.74, 6) is 0. The van der Waals surface area contributed by atoms with Crippen LogP contribution in [0, 0.1) is 13.8 Å². The topological polar surface area (TPSA) is 29.3 Å². The molecule has 1 atom stereocenters. The quantitative estimate of drug-likeness (QED) is 0.870. The van der Waals surface area contributed by atoms with Gasteiger partial charge in [-0.15, -0.1) is 11.3 Å². The van der Waals surface area contributed by atoms with Crippen LogP contribution in [0.2, 0.25) is 0 Å².